The summed E-state index contributed by atoms with van der Waals surface area (Å²) in [5.41, 5.74) is 5.64. The monoisotopic (exact) mass is 287 g/mol. The Morgan fingerprint density at radius 3 is 2.58 bits per heavy atom. The molecule has 1 fully saturated rings. The van der Waals surface area contributed by atoms with Crippen molar-refractivity contribution in [2.75, 3.05) is 20.2 Å². The highest BCUT2D eigenvalue weighted by atomic mass is 32.1. The van der Waals surface area contributed by atoms with Gasteiger partial charge in [0, 0.05) is 13.1 Å². The minimum Gasteiger partial charge on any atom is -0.453 e. The van der Waals surface area contributed by atoms with E-state index >= 15 is 0 Å². The summed E-state index contributed by atoms with van der Waals surface area (Å²) in [6.45, 7) is 4.91. The third-order valence-corrected chi connectivity index (χ3v) is 3.50. The van der Waals surface area contributed by atoms with Crippen LogP contribution in [0.1, 0.15) is 20.3 Å². The minimum atomic E-state index is -0.478. The molecule has 1 rings (SSSR count). The first-order chi connectivity index (χ1) is 8.86. The maximum Gasteiger partial charge on any atom is 0.407 e. The Bertz CT molecular complexity index is 373. The van der Waals surface area contributed by atoms with Crippen LogP contribution in [-0.4, -0.2) is 48.1 Å². The van der Waals surface area contributed by atoms with Gasteiger partial charge >= 0.3 is 6.09 Å². The molecular weight excluding hydrogens is 266 g/mol. The number of carbonyl (C=O) groups is 2. The van der Waals surface area contributed by atoms with Crippen LogP contribution in [0, 0.1) is 11.8 Å². The lowest BCUT2D eigenvalue weighted by molar-refractivity contribution is -0.133. The van der Waals surface area contributed by atoms with Crippen molar-refractivity contribution in [2.45, 2.75) is 26.3 Å². The van der Waals surface area contributed by atoms with Crippen molar-refractivity contribution in [1.29, 1.82) is 0 Å². The van der Waals surface area contributed by atoms with Gasteiger partial charge in [-0.15, -0.1) is 0 Å². The SMILES string of the molecule is COC(=O)NC1CCN(C(=O)C(C(N)=S)C(C)C)C1. The minimum absolute atomic E-state index is 0.0586. The molecule has 7 heteroatoms. The average molecular weight is 287 g/mol. The van der Waals surface area contributed by atoms with E-state index in [4.69, 9.17) is 18.0 Å². The van der Waals surface area contributed by atoms with Crippen molar-refractivity contribution in [3.63, 3.8) is 0 Å². The second kappa shape index (κ2) is 6.70. The molecule has 108 valence electrons. The molecule has 0 aliphatic carbocycles. The van der Waals surface area contributed by atoms with E-state index in [2.05, 4.69) is 10.1 Å². The van der Waals surface area contributed by atoms with E-state index in [1.165, 1.54) is 7.11 Å². The third kappa shape index (κ3) is 4.05. The van der Waals surface area contributed by atoms with E-state index in [-0.39, 0.29) is 22.9 Å². The summed E-state index contributed by atoms with van der Waals surface area (Å²) in [5, 5.41) is 2.69. The van der Waals surface area contributed by atoms with Crippen LogP contribution in [0.4, 0.5) is 4.79 Å². The molecule has 0 aromatic rings. The number of thiocarbonyl (C=S) groups is 1. The number of nitrogens with zero attached hydrogens (tertiary/aromatic N) is 1. The molecule has 0 bridgehead atoms. The van der Waals surface area contributed by atoms with Crippen LogP contribution in [-0.2, 0) is 9.53 Å². The first-order valence-corrected chi connectivity index (χ1v) is 6.70. The zero-order valence-corrected chi connectivity index (χ0v) is 12.3. The van der Waals surface area contributed by atoms with Crippen LogP contribution in [0.5, 0.6) is 0 Å². The molecule has 2 amide bonds. The number of rotatable bonds is 4. The van der Waals surface area contributed by atoms with Gasteiger partial charge in [-0.2, -0.15) is 0 Å². The van der Waals surface area contributed by atoms with Crippen molar-refractivity contribution in [1.82, 2.24) is 10.2 Å². The fourth-order valence-corrected chi connectivity index (χ4v) is 2.61. The first-order valence-electron chi connectivity index (χ1n) is 6.29. The molecule has 0 saturated carbocycles. The number of alkyl carbamates (subject to hydrolysis) is 1. The van der Waals surface area contributed by atoms with E-state index in [9.17, 15) is 9.59 Å². The van der Waals surface area contributed by atoms with Gasteiger partial charge in [0.25, 0.3) is 0 Å². The van der Waals surface area contributed by atoms with E-state index in [0.717, 1.165) is 0 Å². The van der Waals surface area contributed by atoms with E-state index < -0.39 is 12.0 Å². The summed E-state index contributed by atoms with van der Waals surface area (Å²) < 4.78 is 4.54. The topological polar surface area (TPSA) is 84.7 Å². The van der Waals surface area contributed by atoms with Crippen LogP contribution in [0.15, 0.2) is 0 Å². The van der Waals surface area contributed by atoms with E-state index in [0.29, 0.717) is 19.5 Å². The van der Waals surface area contributed by atoms with Gasteiger partial charge in [-0.3, -0.25) is 4.79 Å². The number of likely N-dealkylation sites (tertiary alicyclic amines) is 1. The van der Waals surface area contributed by atoms with Crippen molar-refractivity contribution in [3.05, 3.63) is 0 Å². The standard InChI is InChI=1S/C12H21N3O3S/c1-7(2)9(10(13)19)11(16)15-5-4-8(6-15)14-12(17)18-3/h7-9H,4-6H2,1-3H3,(H2,13,19)(H,14,17). The molecule has 0 spiro atoms. The predicted octanol–water partition coefficient (Wildman–Crippen LogP) is 0.502. The number of carbonyl (C=O) groups excluding carboxylic acids is 2. The van der Waals surface area contributed by atoms with E-state index in [1.54, 1.807) is 4.90 Å². The lowest BCUT2D eigenvalue weighted by Gasteiger charge is -2.25. The summed E-state index contributed by atoms with van der Waals surface area (Å²) in [7, 11) is 1.31. The molecule has 19 heavy (non-hydrogen) atoms. The number of methoxy groups -OCH3 is 1. The highest BCUT2D eigenvalue weighted by molar-refractivity contribution is 7.80. The zero-order valence-electron chi connectivity index (χ0n) is 11.5. The third-order valence-electron chi connectivity index (χ3n) is 3.25. The largest absolute Gasteiger partial charge is 0.453 e. The Balaban J connectivity index is 2.60. The van der Waals surface area contributed by atoms with Gasteiger partial charge in [0.1, 0.15) is 0 Å². The molecule has 1 heterocycles. The Labute approximate surface area is 118 Å². The van der Waals surface area contributed by atoms with Gasteiger partial charge in [-0.25, -0.2) is 4.79 Å². The van der Waals surface area contributed by atoms with Crippen LogP contribution >= 0.6 is 12.2 Å². The highest BCUT2D eigenvalue weighted by Crippen LogP contribution is 2.19. The number of hydrogen-bond acceptors (Lipinski definition) is 4. The smallest absolute Gasteiger partial charge is 0.407 e. The molecule has 0 radical (unpaired) electrons. The van der Waals surface area contributed by atoms with Crippen molar-refractivity contribution < 1.29 is 14.3 Å². The van der Waals surface area contributed by atoms with Crippen molar-refractivity contribution in [3.8, 4) is 0 Å². The number of ether oxygens (including phenoxy) is 1. The van der Waals surface area contributed by atoms with E-state index in [1.807, 2.05) is 13.8 Å². The van der Waals surface area contributed by atoms with Crippen molar-refractivity contribution >= 4 is 29.2 Å². The second-order valence-corrected chi connectivity index (χ2v) is 5.50. The lowest BCUT2D eigenvalue weighted by atomic mass is 9.94. The average Bonchev–Trinajstić information content (AvgIpc) is 2.76. The molecule has 0 aromatic heterocycles. The summed E-state index contributed by atoms with van der Waals surface area (Å²) in [5.74, 6) is -0.429. The summed E-state index contributed by atoms with van der Waals surface area (Å²) >= 11 is 4.96. The fourth-order valence-electron chi connectivity index (χ4n) is 2.24. The molecule has 6 nitrogen and oxygen atoms in total. The fraction of sp³-hybridized carbons (Fsp3) is 0.750. The summed E-state index contributed by atoms with van der Waals surface area (Å²) in [6, 6.07) is -0.0736. The number of nitrogens with two attached hydrogens (primary N) is 1. The maximum atomic E-state index is 12.3. The quantitative estimate of drug-likeness (QED) is 0.736. The van der Waals surface area contributed by atoms with Crippen LogP contribution < -0.4 is 11.1 Å². The number of hydrogen-bond donors (Lipinski definition) is 2. The predicted molar refractivity (Wildman–Crippen MR) is 75.6 cm³/mol. The molecule has 1 aliphatic rings. The first kappa shape index (κ1) is 15.7. The zero-order chi connectivity index (χ0) is 14.6. The van der Waals surface area contributed by atoms with Crippen LogP contribution in [0.2, 0.25) is 0 Å². The Morgan fingerprint density at radius 2 is 2.11 bits per heavy atom. The Hall–Kier alpha value is -1.37. The van der Waals surface area contributed by atoms with Crippen LogP contribution in [0.3, 0.4) is 0 Å². The molecule has 1 aliphatic heterocycles. The molecular formula is C12H21N3O3S. The van der Waals surface area contributed by atoms with Gasteiger partial charge in [-0.1, -0.05) is 26.1 Å². The van der Waals surface area contributed by atoms with Crippen LogP contribution in [0.25, 0.3) is 0 Å². The van der Waals surface area contributed by atoms with Gasteiger partial charge in [0.05, 0.1) is 24.1 Å². The Kier molecular flexibility index (Phi) is 5.53. The summed E-state index contributed by atoms with van der Waals surface area (Å²) in [6.07, 6.45) is 0.234. The van der Waals surface area contributed by atoms with Gasteiger partial charge < -0.3 is 20.7 Å². The summed E-state index contributed by atoms with van der Waals surface area (Å²) in [4.78, 5) is 25.4. The van der Waals surface area contributed by atoms with Crippen molar-refractivity contribution in [2.24, 2.45) is 17.6 Å². The normalized spacial score (nSPS) is 20.2. The Morgan fingerprint density at radius 1 is 1.47 bits per heavy atom. The molecule has 3 N–H and O–H groups in total. The number of nitrogens with one attached hydrogen (secondary N) is 1. The molecule has 1 saturated heterocycles. The highest BCUT2D eigenvalue weighted by Gasteiger charge is 2.34. The molecule has 2 atom stereocenters. The van der Waals surface area contributed by atoms with Gasteiger partial charge in [0.15, 0.2) is 0 Å². The molecule has 2 unspecified atom stereocenters. The van der Waals surface area contributed by atoms with Gasteiger partial charge in [0.2, 0.25) is 5.91 Å². The lowest BCUT2D eigenvalue weighted by Crippen LogP contribution is -2.44. The maximum absolute atomic E-state index is 12.3. The number of amides is 2. The molecule has 0 aromatic carbocycles. The van der Waals surface area contributed by atoms with Gasteiger partial charge in [-0.05, 0) is 12.3 Å². The second-order valence-electron chi connectivity index (χ2n) is 5.03.